The second-order valence-electron chi connectivity index (χ2n) is 3.14. The van der Waals surface area contributed by atoms with Crippen molar-refractivity contribution in [2.45, 2.75) is 13.8 Å². The monoisotopic (exact) mass is 195 g/mol. The maximum absolute atomic E-state index is 4.25. The van der Waals surface area contributed by atoms with E-state index in [-0.39, 0.29) is 0 Å². The zero-order valence-corrected chi connectivity index (χ0v) is 9.22. The lowest BCUT2D eigenvalue weighted by molar-refractivity contribution is 0.873. The molecule has 0 aliphatic carbocycles. The molecule has 72 valence electrons. The van der Waals surface area contributed by atoms with Crippen molar-refractivity contribution in [3.63, 3.8) is 0 Å². The molecule has 0 aromatic heterocycles. The van der Waals surface area contributed by atoms with E-state index in [9.17, 15) is 0 Å². The van der Waals surface area contributed by atoms with Gasteiger partial charge in [0.1, 0.15) is 0 Å². The molecule has 0 saturated carbocycles. The molecule has 1 aromatic carbocycles. The molecule has 0 saturated heterocycles. The van der Waals surface area contributed by atoms with E-state index in [0.29, 0.717) is 0 Å². The third-order valence-electron chi connectivity index (χ3n) is 2.12. The van der Waals surface area contributed by atoms with E-state index in [2.05, 4.69) is 55.6 Å². The molecule has 1 aromatic rings. The average Bonchev–Trinajstić information content (AvgIpc) is 2.14. The number of anilines is 1. The van der Waals surface area contributed by atoms with Crippen molar-refractivity contribution in [3.8, 4) is 0 Å². The normalized spacial score (nSPS) is 10.1. The van der Waals surface area contributed by atoms with E-state index in [1.54, 1.807) is 0 Å². The van der Waals surface area contributed by atoms with Crippen LogP contribution in [0, 0.1) is 6.92 Å². The summed E-state index contributed by atoms with van der Waals surface area (Å²) >= 11 is 4.25. The molecular weight excluding hydrogens is 178 g/mol. The molecule has 0 atom stereocenters. The minimum Gasteiger partial charge on any atom is -0.371 e. The summed E-state index contributed by atoms with van der Waals surface area (Å²) in [6.45, 7) is 6.36. The summed E-state index contributed by atoms with van der Waals surface area (Å²) in [6.07, 6.45) is 0. The van der Waals surface area contributed by atoms with Crippen molar-refractivity contribution in [2.24, 2.45) is 0 Å². The fraction of sp³-hybridized carbons (Fsp3) is 0.455. The van der Waals surface area contributed by atoms with Crippen LogP contribution in [-0.2, 0) is 0 Å². The number of hydrogen-bond acceptors (Lipinski definition) is 2. The molecule has 0 fully saturated rings. The van der Waals surface area contributed by atoms with Crippen LogP contribution in [0.5, 0.6) is 0 Å². The van der Waals surface area contributed by atoms with Crippen LogP contribution in [0.25, 0.3) is 0 Å². The van der Waals surface area contributed by atoms with Crippen LogP contribution in [0.15, 0.2) is 24.3 Å². The highest BCUT2D eigenvalue weighted by atomic mass is 32.1. The summed E-state index contributed by atoms with van der Waals surface area (Å²) in [7, 11) is 0. The number of thiol groups is 1. The molecule has 0 N–H and O–H groups in total. The van der Waals surface area contributed by atoms with E-state index < -0.39 is 0 Å². The van der Waals surface area contributed by atoms with Gasteiger partial charge >= 0.3 is 0 Å². The van der Waals surface area contributed by atoms with Gasteiger partial charge in [-0.25, -0.2) is 0 Å². The van der Waals surface area contributed by atoms with Gasteiger partial charge in [-0.1, -0.05) is 12.1 Å². The van der Waals surface area contributed by atoms with Crippen molar-refractivity contribution in [3.05, 3.63) is 29.8 Å². The molecule has 0 amide bonds. The van der Waals surface area contributed by atoms with Gasteiger partial charge in [0.15, 0.2) is 0 Å². The maximum Gasteiger partial charge on any atom is 0.0369 e. The number of hydrogen-bond donors (Lipinski definition) is 1. The lowest BCUT2D eigenvalue weighted by atomic mass is 10.2. The Morgan fingerprint density at radius 3 is 2.69 bits per heavy atom. The summed E-state index contributed by atoms with van der Waals surface area (Å²) in [5.74, 6) is 0.905. The van der Waals surface area contributed by atoms with Gasteiger partial charge in [-0.05, 0) is 31.5 Å². The predicted molar refractivity (Wildman–Crippen MR) is 62.9 cm³/mol. The summed E-state index contributed by atoms with van der Waals surface area (Å²) in [5.41, 5.74) is 2.62. The smallest absolute Gasteiger partial charge is 0.0369 e. The highest BCUT2D eigenvalue weighted by molar-refractivity contribution is 7.80. The lowest BCUT2D eigenvalue weighted by Gasteiger charge is -2.22. The van der Waals surface area contributed by atoms with E-state index >= 15 is 0 Å². The molecule has 0 heterocycles. The first-order valence-corrected chi connectivity index (χ1v) is 5.33. The number of aryl methyl sites for hydroxylation is 1. The van der Waals surface area contributed by atoms with Crippen molar-refractivity contribution in [1.29, 1.82) is 0 Å². The van der Waals surface area contributed by atoms with E-state index in [4.69, 9.17) is 0 Å². The second kappa shape index (κ2) is 5.18. The molecular formula is C11H17NS. The first kappa shape index (κ1) is 10.5. The molecule has 0 unspecified atom stereocenters. The van der Waals surface area contributed by atoms with Gasteiger partial charge in [0.25, 0.3) is 0 Å². The Kier molecular flexibility index (Phi) is 4.16. The molecule has 1 rings (SSSR count). The van der Waals surface area contributed by atoms with Gasteiger partial charge in [0.2, 0.25) is 0 Å². The highest BCUT2D eigenvalue weighted by Gasteiger charge is 2.01. The summed E-state index contributed by atoms with van der Waals surface area (Å²) < 4.78 is 0. The van der Waals surface area contributed by atoms with E-state index in [1.165, 1.54) is 11.3 Å². The third-order valence-corrected chi connectivity index (χ3v) is 2.32. The van der Waals surface area contributed by atoms with Crippen LogP contribution in [0.1, 0.15) is 12.5 Å². The van der Waals surface area contributed by atoms with Crippen LogP contribution < -0.4 is 4.90 Å². The Hall–Kier alpha value is -0.630. The Labute approximate surface area is 86.2 Å². The predicted octanol–water partition coefficient (Wildman–Crippen LogP) is 2.75. The fourth-order valence-corrected chi connectivity index (χ4v) is 1.66. The van der Waals surface area contributed by atoms with Crippen molar-refractivity contribution in [2.75, 3.05) is 23.7 Å². The standard InChI is InChI=1S/C11H17NS/c1-3-12(7-8-13)11-6-4-5-10(2)9-11/h4-6,9,13H,3,7-8H2,1-2H3. The third kappa shape index (κ3) is 2.96. The summed E-state index contributed by atoms with van der Waals surface area (Å²) in [6, 6.07) is 8.59. The average molecular weight is 195 g/mol. The van der Waals surface area contributed by atoms with Gasteiger partial charge < -0.3 is 4.90 Å². The molecule has 0 spiro atoms. The second-order valence-corrected chi connectivity index (χ2v) is 3.59. The first-order valence-electron chi connectivity index (χ1n) is 4.70. The Morgan fingerprint density at radius 1 is 1.38 bits per heavy atom. The molecule has 0 aliphatic rings. The minimum absolute atomic E-state index is 0.905. The quantitative estimate of drug-likeness (QED) is 0.723. The van der Waals surface area contributed by atoms with Gasteiger partial charge in [0.05, 0.1) is 0 Å². The Bertz CT molecular complexity index is 260. The molecule has 0 aliphatic heterocycles. The van der Waals surface area contributed by atoms with Crippen LogP contribution in [0.2, 0.25) is 0 Å². The molecule has 0 bridgehead atoms. The number of benzene rings is 1. The van der Waals surface area contributed by atoms with Gasteiger partial charge in [0, 0.05) is 24.5 Å². The summed E-state index contributed by atoms with van der Waals surface area (Å²) in [5, 5.41) is 0. The number of nitrogens with zero attached hydrogens (tertiary/aromatic N) is 1. The Balaban J connectivity index is 2.78. The number of rotatable bonds is 4. The minimum atomic E-state index is 0.905. The topological polar surface area (TPSA) is 3.24 Å². The maximum atomic E-state index is 4.25. The van der Waals surface area contributed by atoms with Crippen molar-refractivity contribution < 1.29 is 0 Å². The zero-order valence-electron chi connectivity index (χ0n) is 8.33. The largest absolute Gasteiger partial charge is 0.371 e. The SMILES string of the molecule is CCN(CCS)c1cccc(C)c1. The zero-order chi connectivity index (χ0) is 9.68. The molecule has 0 radical (unpaired) electrons. The van der Waals surface area contributed by atoms with Crippen LogP contribution in [0.4, 0.5) is 5.69 Å². The van der Waals surface area contributed by atoms with Gasteiger partial charge in [-0.2, -0.15) is 12.6 Å². The Morgan fingerprint density at radius 2 is 2.15 bits per heavy atom. The summed E-state index contributed by atoms with van der Waals surface area (Å²) in [4.78, 5) is 2.33. The van der Waals surface area contributed by atoms with Crippen LogP contribution >= 0.6 is 12.6 Å². The van der Waals surface area contributed by atoms with Crippen molar-refractivity contribution >= 4 is 18.3 Å². The molecule has 1 nitrogen and oxygen atoms in total. The first-order chi connectivity index (χ1) is 6.27. The van der Waals surface area contributed by atoms with Crippen molar-refractivity contribution in [1.82, 2.24) is 0 Å². The van der Waals surface area contributed by atoms with Gasteiger partial charge in [-0.15, -0.1) is 0 Å². The van der Waals surface area contributed by atoms with Crippen LogP contribution in [0.3, 0.4) is 0 Å². The van der Waals surface area contributed by atoms with Crippen LogP contribution in [-0.4, -0.2) is 18.8 Å². The fourth-order valence-electron chi connectivity index (χ4n) is 1.42. The molecule has 13 heavy (non-hydrogen) atoms. The van der Waals surface area contributed by atoms with Gasteiger partial charge in [-0.3, -0.25) is 0 Å². The van der Waals surface area contributed by atoms with E-state index in [0.717, 1.165) is 18.8 Å². The lowest BCUT2D eigenvalue weighted by Crippen LogP contribution is -2.24. The molecule has 2 heteroatoms. The van der Waals surface area contributed by atoms with E-state index in [1.807, 2.05) is 0 Å². The highest BCUT2D eigenvalue weighted by Crippen LogP contribution is 2.15.